The molecule has 1 aliphatic rings. The summed E-state index contributed by atoms with van der Waals surface area (Å²) in [5.41, 5.74) is 0.216. The van der Waals surface area contributed by atoms with E-state index in [1.807, 2.05) is 0 Å². The van der Waals surface area contributed by atoms with Crippen molar-refractivity contribution in [1.29, 1.82) is 0 Å². The third-order valence-corrected chi connectivity index (χ3v) is 3.67. The van der Waals surface area contributed by atoms with Crippen LogP contribution in [0.4, 0.5) is 10.2 Å². The van der Waals surface area contributed by atoms with E-state index in [0.717, 1.165) is 31.9 Å². The fourth-order valence-electron chi connectivity index (χ4n) is 2.59. The highest BCUT2D eigenvalue weighted by Gasteiger charge is 2.27. The highest BCUT2D eigenvalue weighted by molar-refractivity contribution is 5.98. The predicted octanol–water partition coefficient (Wildman–Crippen LogP) is 1.64. The average molecular weight is 281 g/mol. The van der Waals surface area contributed by atoms with E-state index in [0.29, 0.717) is 12.4 Å². The second-order valence-corrected chi connectivity index (χ2v) is 4.98. The van der Waals surface area contributed by atoms with E-state index in [2.05, 4.69) is 10.3 Å². The number of nitrogens with one attached hydrogen (secondary N) is 1. The Balaban J connectivity index is 2.30. The summed E-state index contributed by atoms with van der Waals surface area (Å²) in [6.45, 7) is 0.521. The molecule has 0 radical (unpaired) electrons. The first-order chi connectivity index (χ1) is 9.67. The molecular weight excluding hydrogens is 261 g/mol. The standard InChI is InChI=1S/C14H20FN3O2/c1-16-13-12(7-10(15)8-17-13)14(20)18-6-4-2-3-5-11(18)9-19/h7-8,11,19H,2-6,9H2,1H3,(H,16,17). The van der Waals surface area contributed by atoms with Crippen LogP contribution in [0.1, 0.15) is 36.0 Å². The van der Waals surface area contributed by atoms with E-state index in [-0.39, 0.29) is 24.1 Å². The molecule has 1 aliphatic heterocycles. The second-order valence-electron chi connectivity index (χ2n) is 4.98. The molecule has 1 aromatic rings. The molecule has 1 fully saturated rings. The van der Waals surface area contributed by atoms with Crippen molar-refractivity contribution in [2.45, 2.75) is 31.7 Å². The van der Waals surface area contributed by atoms with Crippen LogP contribution in [0.25, 0.3) is 0 Å². The van der Waals surface area contributed by atoms with Crippen molar-refractivity contribution in [2.24, 2.45) is 0 Å². The molecule has 0 saturated carbocycles. The number of amides is 1. The van der Waals surface area contributed by atoms with Crippen LogP contribution in [0.2, 0.25) is 0 Å². The van der Waals surface area contributed by atoms with Crippen LogP contribution in [-0.2, 0) is 0 Å². The number of aliphatic hydroxyl groups excluding tert-OH is 1. The molecule has 1 aromatic heterocycles. The molecule has 0 spiro atoms. The number of aromatic nitrogens is 1. The van der Waals surface area contributed by atoms with Gasteiger partial charge in [-0.25, -0.2) is 9.37 Å². The van der Waals surface area contributed by atoms with Gasteiger partial charge in [0.1, 0.15) is 11.6 Å². The normalized spacial score (nSPS) is 19.6. The molecule has 2 N–H and O–H groups in total. The Morgan fingerprint density at radius 1 is 1.55 bits per heavy atom. The molecule has 1 amide bonds. The van der Waals surface area contributed by atoms with Crippen LogP contribution in [0.5, 0.6) is 0 Å². The Kier molecular flexibility index (Phi) is 4.89. The Morgan fingerprint density at radius 3 is 3.05 bits per heavy atom. The van der Waals surface area contributed by atoms with Crippen molar-refractivity contribution in [3.05, 3.63) is 23.6 Å². The summed E-state index contributed by atoms with van der Waals surface area (Å²) in [6, 6.07) is 0.999. The molecule has 0 aliphatic carbocycles. The lowest BCUT2D eigenvalue weighted by molar-refractivity contribution is 0.0600. The van der Waals surface area contributed by atoms with Gasteiger partial charge in [0, 0.05) is 13.6 Å². The molecule has 0 aromatic carbocycles. The maximum absolute atomic E-state index is 13.4. The Morgan fingerprint density at radius 2 is 2.35 bits per heavy atom. The Labute approximate surface area is 117 Å². The minimum atomic E-state index is -0.539. The van der Waals surface area contributed by atoms with Gasteiger partial charge in [0.05, 0.1) is 24.4 Å². The van der Waals surface area contributed by atoms with Gasteiger partial charge in [-0.2, -0.15) is 0 Å². The van der Waals surface area contributed by atoms with Gasteiger partial charge in [-0.1, -0.05) is 12.8 Å². The second kappa shape index (κ2) is 6.65. The quantitative estimate of drug-likeness (QED) is 0.884. The molecule has 1 unspecified atom stereocenters. The monoisotopic (exact) mass is 281 g/mol. The SMILES string of the molecule is CNc1ncc(F)cc1C(=O)N1CCCCCC1CO. The Hall–Kier alpha value is -1.69. The van der Waals surface area contributed by atoms with Gasteiger partial charge in [0.15, 0.2) is 0 Å². The third kappa shape index (κ3) is 3.07. The molecule has 110 valence electrons. The smallest absolute Gasteiger partial charge is 0.258 e. The first-order valence-electron chi connectivity index (χ1n) is 6.92. The Bertz CT molecular complexity index is 481. The molecule has 2 rings (SSSR count). The van der Waals surface area contributed by atoms with Gasteiger partial charge in [-0.05, 0) is 18.9 Å². The number of likely N-dealkylation sites (tertiary alicyclic amines) is 1. The molecule has 1 saturated heterocycles. The number of rotatable bonds is 3. The van der Waals surface area contributed by atoms with E-state index < -0.39 is 5.82 Å². The van der Waals surface area contributed by atoms with Crippen molar-refractivity contribution >= 4 is 11.7 Å². The number of carbonyl (C=O) groups is 1. The van der Waals surface area contributed by atoms with Crippen molar-refractivity contribution in [2.75, 3.05) is 25.5 Å². The van der Waals surface area contributed by atoms with Gasteiger partial charge in [0.25, 0.3) is 5.91 Å². The number of aliphatic hydroxyl groups is 1. The predicted molar refractivity (Wildman–Crippen MR) is 74.1 cm³/mol. The first kappa shape index (κ1) is 14.7. The molecule has 0 bridgehead atoms. The number of carbonyl (C=O) groups excluding carboxylic acids is 1. The lowest BCUT2D eigenvalue weighted by Gasteiger charge is -2.29. The van der Waals surface area contributed by atoms with Crippen molar-refractivity contribution in [3.8, 4) is 0 Å². The maximum atomic E-state index is 13.4. The van der Waals surface area contributed by atoms with Crippen LogP contribution < -0.4 is 5.32 Å². The zero-order valence-corrected chi connectivity index (χ0v) is 11.6. The fourth-order valence-corrected chi connectivity index (χ4v) is 2.59. The lowest BCUT2D eigenvalue weighted by atomic mass is 10.1. The van der Waals surface area contributed by atoms with Crippen LogP contribution in [0, 0.1) is 5.82 Å². The molecule has 6 heteroatoms. The first-order valence-corrected chi connectivity index (χ1v) is 6.92. The van der Waals surface area contributed by atoms with Gasteiger partial charge < -0.3 is 15.3 Å². The van der Waals surface area contributed by atoms with E-state index in [1.54, 1.807) is 11.9 Å². The van der Waals surface area contributed by atoms with Crippen molar-refractivity contribution in [3.63, 3.8) is 0 Å². The van der Waals surface area contributed by atoms with Gasteiger partial charge >= 0.3 is 0 Å². The summed E-state index contributed by atoms with van der Waals surface area (Å²) < 4.78 is 13.4. The number of halogens is 1. The number of nitrogens with zero attached hydrogens (tertiary/aromatic N) is 2. The summed E-state index contributed by atoms with van der Waals surface area (Å²) in [5.74, 6) is -0.456. The maximum Gasteiger partial charge on any atom is 0.258 e. The van der Waals surface area contributed by atoms with Gasteiger partial charge in [-0.3, -0.25) is 4.79 Å². The van der Waals surface area contributed by atoms with E-state index in [1.165, 1.54) is 6.07 Å². The highest BCUT2D eigenvalue weighted by Crippen LogP contribution is 2.22. The van der Waals surface area contributed by atoms with Crippen LogP contribution in [0.3, 0.4) is 0 Å². The van der Waals surface area contributed by atoms with Gasteiger partial charge in [-0.15, -0.1) is 0 Å². The van der Waals surface area contributed by atoms with Crippen LogP contribution in [0.15, 0.2) is 12.3 Å². The summed E-state index contributed by atoms with van der Waals surface area (Å²) in [5, 5.41) is 12.3. The number of hydrogen-bond acceptors (Lipinski definition) is 4. The summed E-state index contributed by atoms with van der Waals surface area (Å²) in [7, 11) is 1.64. The minimum Gasteiger partial charge on any atom is -0.394 e. The third-order valence-electron chi connectivity index (χ3n) is 3.67. The van der Waals surface area contributed by atoms with Crippen molar-refractivity contribution < 1.29 is 14.3 Å². The number of hydrogen-bond donors (Lipinski definition) is 2. The van der Waals surface area contributed by atoms with E-state index >= 15 is 0 Å². The largest absolute Gasteiger partial charge is 0.394 e. The lowest BCUT2D eigenvalue weighted by Crippen LogP contribution is -2.42. The minimum absolute atomic E-state index is 0.0661. The molecular formula is C14H20FN3O2. The van der Waals surface area contributed by atoms with E-state index in [9.17, 15) is 14.3 Å². The zero-order chi connectivity index (χ0) is 14.5. The fraction of sp³-hybridized carbons (Fsp3) is 0.571. The molecule has 1 atom stereocenters. The summed E-state index contributed by atoms with van der Waals surface area (Å²) in [6.07, 6.45) is 4.80. The molecule has 5 nitrogen and oxygen atoms in total. The van der Waals surface area contributed by atoms with Crippen LogP contribution in [-0.4, -0.2) is 47.1 Å². The van der Waals surface area contributed by atoms with E-state index in [4.69, 9.17) is 0 Å². The van der Waals surface area contributed by atoms with Crippen molar-refractivity contribution in [1.82, 2.24) is 9.88 Å². The number of pyridine rings is 1. The summed E-state index contributed by atoms with van der Waals surface area (Å²) in [4.78, 5) is 18.2. The van der Waals surface area contributed by atoms with Crippen LogP contribution >= 0.6 is 0 Å². The zero-order valence-electron chi connectivity index (χ0n) is 11.6. The average Bonchev–Trinajstić information content (AvgIpc) is 2.71. The topological polar surface area (TPSA) is 65.5 Å². The highest BCUT2D eigenvalue weighted by atomic mass is 19.1. The summed E-state index contributed by atoms with van der Waals surface area (Å²) >= 11 is 0. The molecule has 2 heterocycles. The number of anilines is 1. The molecule has 20 heavy (non-hydrogen) atoms. The van der Waals surface area contributed by atoms with Gasteiger partial charge in [0.2, 0.25) is 0 Å².